The van der Waals surface area contributed by atoms with Crippen LogP contribution in [-0.2, 0) is 9.53 Å². The molecule has 19 heavy (non-hydrogen) atoms. The Balaban J connectivity index is 2.36. The molecule has 0 aliphatic heterocycles. The minimum atomic E-state index is -0.363. The van der Waals surface area contributed by atoms with Crippen molar-refractivity contribution in [2.75, 3.05) is 6.61 Å². The first-order chi connectivity index (χ1) is 9.10. The molecule has 0 unspecified atom stereocenters. The smallest absolute Gasteiger partial charge is 0.330 e. The Morgan fingerprint density at radius 3 is 2.95 bits per heavy atom. The van der Waals surface area contributed by atoms with Crippen LogP contribution in [0.5, 0.6) is 0 Å². The van der Waals surface area contributed by atoms with Gasteiger partial charge in [0.15, 0.2) is 0 Å². The maximum atomic E-state index is 11.3. The molecule has 0 atom stereocenters. The molecule has 0 amide bonds. The number of benzene rings is 1. The first kappa shape index (κ1) is 13.6. The monoisotopic (exact) mass is 275 g/mol. The first-order valence-corrected chi connectivity index (χ1v) is 6.39. The molecule has 2 rings (SSSR count). The molecule has 0 radical (unpaired) electrons. The third-order valence-electron chi connectivity index (χ3n) is 2.67. The fourth-order valence-corrected chi connectivity index (χ4v) is 1.99. The Morgan fingerprint density at radius 1 is 1.42 bits per heavy atom. The summed E-state index contributed by atoms with van der Waals surface area (Å²) in [7, 11) is 0. The van der Waals surface area contributed by atoms with E-state index in [1.54, 1.807) is 19.1 Å². The zero-order chi connectivity index (χ0) is 13.8. The third-order valence-corrected chi connectivity index (χ3v) is 2.91. The van der Waals surface area contributed by atoms with Crippen molar-refractivity contribution in [1.29, 1.82) is 0 Å². The number of ether oxygens (including phenoxy) is 1. The summed E-state index contributed by atoms with van der Waals surface area (Å²) >= 11 is 5.96. The van der Waals surface area contributed by atoms with Crippen LogP contribution in [0.2, 0.25) is 5.02 Å². The summed E-state index contributed by atoms with van der Waals surface area (Å²) < 4.78 is 4.83. The van der Waals surface area contributed by atoms with Crippen LogP contribution in [-0.4, -0.2) is 17.6 Å². The molecule has 0 bridgehead atoms. The summed E-state index contributed by atoms with van der Waals surface area (Å²) in [5, 5.41) is 1.70. The van der Waals surface area contributed by atoms with Gasteiger partial charge in [0.05, 0.1) is 17.8 Å². The molecule has 0 saturated carbocycles. The van der Waals surface area contributed by atoms with Gasteiger partial charge in [-0.1, -0.05) is 11.6 Å². The minimum absolute atomic E-state index is 0.363. The molecule has 2 aromatic rings. The van der Waals surface area contributed by atoms with Crippen molar-refractivity contribution in [3.63, 3.8) is 0 Å². The maximum absolute atomic E-state index is 11.3. The van der Waals surface area contributed by atoms with Crippen LogP contribution in [0.4, 0.5) is 0 Å². The zero-order valence-corrected chi connectivity index (χ0v) is 11.6. The zero-order valence-electron chi connectivity index (χ0n) is 10.8. The highest BCUT2D eigenvalue weighted by Gasteiger charge is 2.02. The Kier molecular flexibility index (Phi) is 4.17. The van der Waals surface area contributed by atoms with Crippen LogP contribution < -0.4 is 0 Å². The van der Waals surface area contributed by atoms with Crippen LogP contribution in [0, 0.1) is 6.92 Å². The summed E-state index contributed by atoms with van der Waals surface area (Å²) in [6, 6.07) is 7.47. The molecule has 1 aromatic carbocycles. The Morgan fingerprint density at radius 2 is 2.21 bits per heavy atom. The summed E-state index contributed by atoms with van der Waals surface area (Å²) in [5.74, 6) is -0.363. The van der Waals surface area contributed by atoms with Crippen LogP contribution in [0.3, 0.4) is 0 Å². The molecular formula is C15H14ClNO2. The van der Waals surface area contributed by atoms with E-state index >= 15 is 0 Å². The van der Waals surface area contributed by atoms with E-state index < -0.39 is 0 Å². The quantitative estimate of drug-likeness (QED) is 0.632. The first-order valence-electron chi connectivity index (χ1n) is 6.02. The average Bonchev–Trinajstić information content (AvgIpc) is 2.38. The average molecular weight is 276 g/mol. The van der Waals surface area contributed by atoms with Crippen molar-refractivity contribution in [2.24, 2.45) is 0 Å². The Labute approximate surface area is 116 Å². The van der Waals surface area contributed by atoms with Crippen LogP contribution in [0.15, 0.2) is 30.3 Å². The second-order valence-corrected chi connectivity index (χ2v) is 4.55. The number of carbonyl (C=O) groups is 1. The lowest BCUT2D eigenvalue weighted by molar-refractivity contribution is -0.137. The van der Waals surface area contributed by atoms with Gasteiger partial charge in [0, 0.05) is 16.5 Å². The summed E-state index contributed by atoms with van der Waals surface area (Å²) in [4.78, 5) is 15.7. The molecule has 98 valence electrons. The molecule has 0 aliphatic carbocycles. The fourth-order valence-electron chi connectivity index (χ4n) is 1.82. The predicted molar refractivity (Wildman–Crippen MR) is 77.2 cm³/mol. The molecule has 0 aliphatic rings. The van der Waals surface area contributed by atoms with Gasteiger partial charge in [0.1, 0.15) is 0 Å². The Bertz CT molecular complexity index is 650. The predicted octanol–water partition coefficient (Wildman–Crippen LogP) is 3.77. The molecule has 4 heteroatoms. The van der Waals surface area contributed by atoms with Gasteiger partial charge in [0.2, 0.25) is 0 Å². The number of fused-ring (bicyclic) bond motifs is 1. The summed E-state index contributed by atoms with van der Waals surface area (Å²) in [5.41, 5.74) is 2.64. The normalized spacial score (nSPS) is 11.1. The second-order valence-electron chi connectivity index (χ2n) is 4.11. The van der Waals surface area contributed by atoms with Gasteiger partial charge in [-0.2, -0.15) is 0 Å². The second kappa shape index (κ2) is 5.85. The number of rotatable bonds is 3. The highest BCUT2D eigenvalue weighted by atomic mass is 35.5. The van der Waals surface area contributed by atoms with Crippen molar-refractivity contribution >= 4 is 34.5 Å². The van der Waals surface area contributed by atoms with Crippen molar-refractivity contribution in [3.05, 3.63) is 46.6 Å². The molecule has 0 spiro atoms. The summed E-state index contributed by atoms with van der Waals surface area (Å²) in [6.45, 7) is 4.13. The highest BCUT2D eigenvalue weighted by molar-refractivity contribution is 6.31. The number of esters is 1. The summed E-state index contributed by atoms with van der Waals surface area (Å²) in [6.07, 6.45) is 3.03. The third kappa shape index (κ3) is 3.32. The number of aromatic nitrogens is 1. The number of hydrogen-bond donors (Lipinski definition) is 0. The van der Waals surface area contributed by atoms with Gasteiger partial charge in [0.25, 0.3) is 0 Å². The molecule has 1 aromatic heterocycles. The van der Waals surface area contributed by atoms with E-state index in [2.05, 4.69) is 4.98 Å². The molecule has 0 N–H and O–H groups in total. The van der Waals surface area contributed by atoms with Crippen LogP contribution >= 0.6 is 11.6 Å². The lowest BCUT2D eigenvalue weighted by Crippen LogP contribution is -1.99. The van der Waals surface area contributed by atoms with Crippen molar-refractivity contribution < 1.29 is 9.53 Å². The molecule has 3 nitrogen and oxygen atoms in total. The van der Waals surface area contributed by atoms with Gasteiger partial charge in [-0.05, 0) is 49.8 Å². The number of carbonyl (C=O) groups excluding carboxylic acids is 1. The maximum Gasteiger partial charge on any atom is 0.330 e. The van der Waals surface area contributed by atoms with E-state index in [1.807, 2.05) is 25.1 Å². The number of halogens is 1. The molecule has 0 saturated heterocycles. The van der Waals surface area contributed by atoms with E-state index in [-0.39, 0.29) is 5.97 Å². The SMILES string of the molecule is CCOC(=O)/C=C/c1cc(C)c2cc(Cl)ccc2n1. The standard InChI is InChI=1S/C15H14ClNO2/c1-3-19-15(18)7-5-12-8-10(2)13-9-11(16)4-6-14(13)17-12/h4-9H,3H2,1-2H3/b7-5+. The molecular weight excluding hydrogens is 262 g/mol. The van der Waals surface area contributed by atoms with Gasteiger partial charge < -0.3 is 4.74 Å². The van der Waals surface area contributed by atoms with E-state index in [1.165, 1.54) is 6.08 Å². The van der Waals surface area contributed by atoms with Crippen molar-refractivity contribution in [1.82, 2.24) is 4.98 Å². The lowest BCUT2D eigenvalue weighted by atomic mass is 10.1. The minimum Gasteiger partial charge on any atom is -0.463 e. The van der Waals surface area contributed by atoms with Gasteiger partial charge >= 0.3 is 5.97 Å². The highest BCUT2D eigenvalue weighted by Crippen LogP contribution is 2.22. The number of nitrogens with zero attached hydrogens (tertiary/aromatic N) is 1. The number of hydrogen-bond acceptors (Lipinski definition) is 3. The van der Waals surface area contributed by atoms with Gasteiger partial charge in [-0.25, -0.2) is 9.78 Å². The Hall–Kier alpha value is -1.87. The van der Waals surface area contributed by atoms with Gasteiger partial charge in [-0.3, -0.25) is 0 Å². The van der Waals surface area contributed by atoms with E-state index in [0.29, 0.717) is 11.6 Å². The number of pyridine rings is 1. The van der Waals surface area contributed by atoms with E-state index in [4.69, 9.17) is 16.3 Å². The topological polar surface area (TPSA) is 39.2 Å². The molecule has 0 fully saturated rings. The van der Waals surface area contributed by atoms with Crippen LogP contribution in [0.1, 0.15) is 18.2 Å². The van der Waals surface area contributed by atoms with Gasteiger partial charge in [-0.15, -0.1) is 0 Å². The van der Waals surface area contributed by atoms with Crippen molar-refractivity contribution in [2.45, 2.75) is 13.8 Å². The number of aryl methyl sites for hydroxylation is 1. The van der Waals surface area contributed by atoms with Crippen molar-refractivity contribution in [3.8, 4) is 0 Å². The largest absolute Gasteiger partial charge is 0.463 e. The fraction of sp³-hybridized carbons (Fsp3) is 0.200. The lowest BCUT2D eigenvalue weighted by Gasteiger charge is -2.04. The van der Waals surface area contributed by atoms with Crippen LogP contribution in [0.25, 0.3) is 17.0 Å². The molecule has 1 heterocycles. The van der Waals surface area contributed by atoms with E-state index in [9.17, 15) is 4.79 Å². The van der Waals surface area contributed by atoms with E-state index in [0.717, 1.165) is 22.2 Å².